The highest BCUT2D eigenvalue weighted by molar-refractivity contribution is 5.89. The first-order chi connectivity index (χ1) is 13.1. The van der Waals surface area contributed by atoms with Gasteiger partial charge in [-0.3, -0.25) is 0 Å². The Hall–Kier alpha value is -3.06. The molecule has 0 aliphatic carbocycles. The Morgan fingerprint density at radius 2 is 2.11 bits per heavy atom. The molecule has 0 fully saturated rings. The molecule has 0 radical (unpaired) electrons. The highest BCUT2D eigenvalue weighted by Crippen LogP contribution is 2.23. The number of ether oxygens (including phenoxy) is 1. The number of hydrogen-bond donors (Lipinski definition) is 2. The summed E-state index contributed by atoms with van der Waals surface area (Å²) in [4.78, 5) is 16.4. The summed E-state index contributed by atoms with van der Waals surface area (Å²) >= 11 is 0. The SMILES string of the molecule is Cc1nc(-c2cccc(NC(=O)NCCCOCc3ccco3)c2)oc1C. The monoisotopic (exact) mass is 369 g/mol. The van der Waals surface area contributed by atoms with E-state index in [1.54, 1.807) is 6.26 Å². The number of furan rings is 1. The summed E-state index contributed by atoms with van der Waals surface area (Å²) in [6.07, 6.45) is 2.33. The molecule has 7 nitrogen and oxygen atoms in total. The van der Waals surface area contributed by atoms with Gasteiger partial charge in [0, 0.05) is 24.4 Å². The van der Waals surface area contributed by atoms with Crippen molar-refractivity contribution in [2.75, 3.05) is 18.5 Å². The second kappa shape index (κ2) is 9.05. The molecule has 3 rings (SSSR count). The highest BCUT2D eigenvalue weighted by atomic mass is 16.5. The molecule has 0 aliphatic rings. The molecule has 2 N–H and O–H groups in total. The van der Waals surface area contributed by atoms with E-state index in [0.29, 0.717) is 37.8 Å². The molecule has 0 spiro atoms. The Morgan fingerprint density at radius 3 is 2.85 bits per heavy atom. The third-order valence-corrected chi connectivity index (χ3v) is 3.97. The minimum atomic E-state index is -0.266. The second-order valence-electron chi connectivity index (χ2n) is 6.11. The van der Waals surface area contributed by atoms with Crippen molar-refractivity contribution < 1.29 is 18.4 Å². The Balaban J connectivity index is 1.40. The molecule has 27 heavy (non-hydrogen) atoms. The van der Waals surface area contributed by atoms with Crippen molar-refractivity contribution >= 4 is 11.7 Å². The Morgan fingerprint density at radius 1 is 1.22 bits per heavy atom. The normalized spacial score (nSPS) is 10.7. The topological polar surface area (TPSA) is 89.5 Å². The Labute approximate surface area is 157 Å². The lowest BCUT2D eigenvalue weighted by Crippen LogP contribution is -2.30. The van der Waals surface area contributed by atoms with Gasteiger partial charge in [-0.1, -0.05) is 6.07 Å². The number of anilines is 1. The molecule has 2 heterocycles. The minimum Gasteiger partial charge on any atom is -0.467 e. The third-order valence-electron chi connectivity index (χ3n) is 3.97. The molecular weight excluding hydrogens is 346 g/mol. The fourth-order valence-electron chi connectivity index (χ4n) is 2.45. The van der Waals surface area contributed by atoms with E-state index in [4.69, 9.17) is 13.6 Å². The summed E-state index contributed by atoms with van der Waals surface area (Å²) in [6.45, 7) is 5.27. The lowest BCUT2D eigenvalue weighted by atomic mass is 10.2. The lowest BCUT2D eigenvalue weighted by molar-refractivity contribution is 0.104. The number of urea groups is 1. The fraction of sp³-hybridized carbons (Fsp3) is 0.300. The molecule has 2 amide bonds. The first-order valence-corrected chi connectivity index (χ1v) is 8.81. The van der Waals surface area contributed by atoms with Gasteiger partial charge in [-0.05, 0) is 50.6 Å². The van der Waals surface area contributed by atoms with Crippen LogP contribution in [0.5, 0.6) is 0 Å². The van der Waals surface area contributed by atoms with Crippen molar-refractivity contribution in [3.8, 4) is 11.5 Å². The predicted molar refractivity (Wildman–Crippen MR) is 101 cm³/mol. The van der Waals surface area contributed by atoms with Crippen molar-refractivity contribution in [2.45, 2.75) is 26.9 Å². The quantitative estimate of drug-likeness (QED) is 0.579. The van der Waals surface area contributed by atoms with Gasteiger partial charge in [0.1, 0.15) is 18.1 Å². The number of amides is 2. The van der Waals surface area contributed by atoms with Crippen LogP contribution in [0.4, 0.5) is 10.5 Å². The zero-order valence-electron chi connectivity index (χ0n) is 15.5. The molecule has 0 atom stereocenters. The summed E-state index contributed by atoms with van der Waals surface area (Å²) in [5, 5.41) is 5.62. The van der Waals surface area contributed by atoms with E-state index in [0.717, 1.165) is 22.8 Å². The zero-order valence-corrected chi connectivity index (χ0v) is 15.5. The van der Waals surface area contributed by atoms with E-state index >= 15 is 0 Å². The number of carbonyl (C=O) groups is 1. The number of aromatic nitrogens is 1. The molecule has 142 valence electrons. The van der Waals surface area contributed by atoms with Crippen LogP contribution in [-0.2, 0) is 11.3 Å². The molecule has 3 aromatic rings. The molecule has 0 bridgehead atoms. The highest BCUT2D eigenvalue weighted by Gasteiger charge is 2.09. The first-order valence-electron chi connectivity index (χ1n) is 8.81. The van der Waals surface area contributed by atoms with E-state index in [-0.39, 0.29) is 6.03 Å². The third kappa shape index (κ3) is 5.46. The van der Waals surface area contributed by atoms with Crippen LogP contribution in [0.2, 0.25) is 0 Å². The molecule has 2 aromatic heterocycles. The van der Waals surface area contributed by atoms with Crippen LogP contribution < -0.4 is 10.6 Å². The maximum atomic E-state index is 12.0. The smallest absolute Gasteiger partial charge is 0.319 e. The average molecular weight is 369 g/mol. The number of aryl methyl sites for hydroxylation is 2. The number of nitrogens with zero attached hydrogens (tertiary/aromatic N) is 1. The van der Waals surface area contributed by atoms with Gasteiger partial charge < -0.3 is 24.2 Å². The summed E-state index contributed by atoms with van der Waals surface area (Å²) in [5.74, 6) is 2.12. The number of benzene rings is 1. The van der Waals surface area contributed by atoms with Gasteiger partial charge in [0.15, 0.2) is 0 Å². The summed E-state index contributed by atoms with van der Waals surface area (Å²) < 4.78 is 16.3. The maximum Gasteiger partial charge on any atom is 0.319 e. The number of nitrogens with one attached hydrogen (secondary N) is 2. The van der Waals surface area contributed by atoms with Gasteiger partial charge in [0.25, 0.3) is 0 Å². The van der Waals surface area contributed by atoms with Gasteiger partial charge in [-0.25, -0.2) is 9.78 Å². The standard InChI is InChI=1S/C20H23N3O4/c1-14-15(2)27-19(22-14)16-6-3-7-17(12-16)23-20(24)21-9-5-10-25-13-18-8-4-11-26-18/h3-4,6-8,11-12H,5,9-10,13H2,1-2H3,(H2,21,23,24). The summed E-state index contributed by atoms with van der Waals surface area (Å²) in [6, 6.07) is 10.8. The van der Waals surface area contributed by atoms with E-state index < -0.39 is 0 Å². The van der Waals surface area contributed by atoms with Crippen molar-refractivity contribution in [3.05, 3.63) is 59.9 Å². The zero-order chi connectivity index (χ0) is 19.1. The van der Waals surface area contributed by atoms with Crippen LogP contribution in [0.3, 0.4) is 0 Å². The fourth-order valence-corrected chi connectivity index (χ4v) is 2.45. The number of oxazole rings is 1. The van der Waals surface area contributed by atoms with Gasteiger partial charge >= 0.3 is 6.03 Å². The minimum absolute atomic E-state index is 0.266. The number of rotatable bonds is 8. The molecule has 7 heteroatoms. The van der Waals surface area contributed by atoms with E-state index in [1.807, 2.05) is 50.2 Å². The van der Waals surface area contributed by atoms with Gasteiger partial charge in [-0.2, -0.15) is 0 Å². The predicted octanol–water partition coefficient (Wildman–Crippen LogP) is 4.28. The van der Waals surface area contributed by atoms with Crippen LogP contribution in [-0.4, -0.2) is 24.2 Å². The van der Waals surface area contributed by atoms with Crippen LogP contribution in [0.15, 0.2) is 51.5 Å². The maximum absolute atomic E-state index is 12.0. The van der Waals surface area contributed by atoms with Gasteiger partial charge in [0.05, 0.1) is 12.0 Å². The summed E-state index contributed by atoms with van der Waals surface area (Å²) in [7, 11) is 0. The molecule has 1 aromatic carbocycles. The number of carbonyl (C=O) groups excluding carboxylic acids is 1. The molecule has 0 aliphatic heterocycles. The number of hydrogen-bond acceptors (Lipinski definition) is 5. The Bertz CT molecular complexity index is 852. The van der Waals surface area contributed by atoms with Crippen molar-refractivity contribution in [1.82, 2.24) is 10.3 Å². The second-order valence-corrected chi connectivity index (χ2v) is 6.11. The molecule has 0 saturated heterocycles. The summed E-state index contributed by atoms with van der Waals surface area (Å²) in [5.41, 5.74) is 2.35. The van der Waals surface area contributed by atoms with E-state index in [9.17, 15) is 4.79 Å². The van der Waals surface area contributed by atoms with Crippen LogP contribution in [0.1, 0.15) is 23.6 Å². The average Bonchev–Trinajstić information content (AvgIpc) is 3.28. The molecule has 0 saturated carbocycles. The van der Waals surface area contributed by atoms with Crippen molar-refractivity contribution in [1.29, 1.82) is 0 Å². The largest absolute Gasteiger partial charge is 0.467 e. The first kappa shape index (κ1) is 18.7. The van der Waals surface area contributed by atoms with Crippen LogP contribution in [0, 0.1) is 13.8 Å². The van der Waals surface area contributed by atoms with Crippen molar-refractivity contribution in [2.24, 2.45) is 0 Å². The van der Waals surface area contributed by atoms with Crippen molar-refractivity contribution in [3.63, 3.8) is 0 Å². The lowest BCUT2D eigenvalue weighted by Gasteiger charge is -2.08. The Kier molecular flexibility index (Phi) is 6.27. The van der Waals surface area contributed by atoms with Crippen LogP contribution >= 0.6 is 0 Å². The van der Waals surface area contributed by atoms with Crippen LogP contribution in [0.25, 0.3) is 11.5 Å². The molecular formula is C20H23N3O4. The van der Waals surface area contributed by atoms with Gasteiger partial charge in [0.2, 0.25) is 5.89 Å². The molecule has 0 unspecified atom stereocenters. The van der Waals surface area contributed by atoms with E-state index in [2.05, 4.69) is 15.6 Å². The van der Waals surface area contributed by atoms with Gasteiger partial charge in [-0.15, -0.1) is 0 Å². The van der Waals surface area contributed by atoms with E-state index in [1.165, 1.54) is 0 Å².